The van der Waals surface area contributed by atoms with Gasteiger partial charge in [0.2, 0.25) is 0 Å². The third kappa shape index (κ3) is 3.80. The number of hydrogen-bond donors (Lipinski definition) is 1. The van der Waals surface area contributed by atoms with E-state index in [0.717, 1.165) is 35.9 Å². The highest BCUT2D eigenvalue weighted by atomic mass is 32.1. The van der Waals surface area contributed by atoms with Crippen LogP contribution >= 0.6 is 11.3 Å². The molecule has 1 aliphatic heterocycles. The van der Waals surface area contributed by atoms with Gasteiger partial charge < -0.3 is 10.2 Å². The van der Waals surface area contributed by atoms with Crippen molar-refractivity contribution in [1.82, 2.24) is 15.0 Å². The van der Waals surface area contributed by atoms with Crippen LogP contribution in [0.15, 0.2) is 53.9 Å². The number of rotatable bonds is 4. The second kappa shape index (κ2) is 7.90. The third-order valence-corrected chi connectivity index (χ3v) is 5.74. The predicted molar refractivity (Wildman–Crippen MR) is 113 cm³/mol. The van der Waals surface area contributed by atoms with E-state index in [1.54, 1.807) is 17.5 Å². The molecule has 1 aliphatic rings. The fourth-order valence-corrected chi connectivity index (χ4v) is 3.98. The van der Waals surface area contributed by atoms with Gasteiger partial charge in [0.15, 0.2) is 5.13 Å². The minimum absolute atomic E-state index is 0.226. The van der Waals surface area contributed by atoms with Crippen LogP contribution in [0, 0.1) is 6.92 Å². The van der Waals surface area contributed by atoms with Gasteiger partial charge in [0, 0.05) is 36.6 Å². The monoisotopic (exact) mass is 391 g/mol. The third-order valence-electron chi connectivity index (χ3n) is 4.91. The number of nitrogens with one attached hydrogen (secondary N) is 1. The molecule has 0 radical (unpaired) electrons. The fourth-order valence-electron chi connectivity index (χ4n) is 3.31. The highest BCUT2D eigenvalue weighted by molar-refractivity contribution is 7.13. The lowest BCUT2D eigenvalue weighted by molar-refractivity contribution is 0.102. The lowest BCUT2D eigenvalue weighted by atomic mass is 9.95. The van der Waals surface area contributed by atoms with Crippen LogP contribution in [0.4, 0.5) is 10.8 Å². The number of benzene rings is 1. The van der Waals surface area contributed by atoms with Crippen molar-refractivity contribution >= 4 is 33.6 Å². The zero-order chi connectivity index (χ0) is 19.5. The molecule has 1 aromatic carbocycles. The van der Waals surface area contributed by atoms with E-state index in [1.807, 2.05) is 30.6 Å². The molecule has 7 heteroatoms. The SMILES string of the molecule is CC1=C(c2ccc(NC(=O)c3ncncc3C)cc2)CN(c2nccs2)CC1. The van der Waals surface area contributed by atoms with Crippen LogP contribution in [0.2, 0.25) is 0 Å². The topological polar surface area (TPSA) is 71.0 Å². The van der Waals surface area contributed by atoms with E-state index in [-0.39, 0.29) is 5.91 Å². The van der Waals surface area contributed by atoms with Crippen LogP contribution in [0.3, 0.4) is 0 Å². The number of aryl methyl sites for hydroxylation is 1. The van der Waals surface area contributed by atoms with E-state index in [1.165, 1.54) is 23.0 Å². The molecule has 28 heavy (non-hydrogen) atoms. The highest BCUT2D eigenvalue weighted by Gasteiger charge is 2.20. The minimum atomic E-state index is -0.226. The fraction of sp³-hybridized carbons (Fsp3) is 0.238. The molecule has 0 unspecified atom stereocenters. The van der Waals surface area contributed by atoms with Crippen LogP contribution in [-0.4, -0.2) is 33.9 Å². The van der Waals surface area contributed by atoms with E-state index in [9.17, 15) is 4.79 Å². The standard InChI is InChI=1S/C21H21N5OS/c1-14-7-9-26(21-23-8-10-28-21)12-18(14)16-3-5-17(6-4-16)25-20(27)19-15(2)11-22-13-24-19/h3-6,8,10-11,13H,7,9,12H2,1-2H3,(H,25,27). The van der Waals surface area contributed by atoms with Gasteiger partial charge in [0.25, 0.3) is 5.91 Å². The molecule has 0 saturated heterocycles. The Kier molecular flexibility index (Phi) is 5.16. The zero-order valence-corrected chi connectivity index (χ0v) is 16.7. The van der Waals surface area contributed by atoms with Crippen molar-refractivity contribution in [2.45, 2.75) is 20.3 Å². The summed E-state index contributed by atoms with van der Waals surface area (Å²) in [5.41, 5.74) is 5.80. The molecule has 3 aromatic rings. The predicted octanol–water partition coefficient (Wildman–Crippen LogP) is 4.18. The van der Waals surface area contributed by atoms with Gasteiger partial charge in [-0.1, -0.05) is 17.7 Å². The van der Waals surface area contributed by atoms with Gasteiger partial charge in [-0.25, -0.2) is 15.0 Å². The highest BCUT2D eigenvalue weighted by Crippen LogP contribution is 2.31. The Morgan fingerprint density at radius 3 is 2.71 bits per heavy atom. The van der Waals surface area contributed by atoms with Crippen molar-refractivity contribution in [3.05, 3.63) is 70.8 Å². The Morgan fingerprint density at radius 1 is 1.18 bits per heavy atom. The number of nitrogens with zero attached hydrogens (tertiary/aromatic N) is 4. The summed E-state index contributed by atoms with van der Waals surface area (Å²) in [4.78, 5) is 27.2. The Morgan fingerprint density at radius 2 is 2.00 bits per heavy atom. The summed E-state index contributed by atoms with van der Waals surface area (Å²) in [6, 6.07) is 8.00. The molecule has 6 nitrogen and oxygen atoms in total. The van der Waals surface area contributed by atoms with Crippen molar-refractivity contribution in [1.29, 1.82) is 0 Å². The van der Waals surface area contributed by atoms with Gasteiger partial charge in [0.05, 0.1) is 0 Å². The van der Waals surface area contributed by atoms with Crippen molar-refractivity contribution in [2.24, 2.45) is 0 Å². The number of carbonyl (C=O) groups is 1. The second-order valence-electron chi connectivity index (χ2n) is 6.83. The number of thiazole rings is 1. The van der Waals surface area contributed by atoms with E-state index < -0.39 is 0 Å². The molecule has 0 fully saturated rings. The number of anilines is 2. The van der Waals surface area contributed by atoms with Gasteiger partial charge in [-0.05, 0) is 49.1 Å². The van der Waals surface area contributed by atoms with Crippen molar-refractivity contribution < 1.29 is 4.79 Å². The van der Waals surface area contributed by atoms with Gasteiger partial charge in [-0.15, -0.1) is 11.3 Å². The maximum absolute atomic E-state index is 12.4. The van der Waals surface area contributed by atoms with Crippen molar-refractivity contribution in [3.63, 3.8) is 0 Å². The Labute approximate surface area is 168 Å². The maximum Gasteiger partial charge on any atom is 0.274 e. The molecular weight excluding hydrogens is 370 g/mol. The first kappa shape index (κ1) is 18.3. The first-order valence-electron chi connectivity index (χ1n) is 9.13. The van der Waals surface area contributed by atoms with Gasteiger partial charge in [0.1, 0.15) is 12.0 Å². The van der Waals surface area contributed by atoms with E-state index in [4.69, 9.17) is 0 Å². The van der Waals surface area contributed by atoms with Crippen LogP contribution in [0.5, 0.6) is 0 Å². The molecule has 1 N–H and O–H groups in total. The molecular formula is C21H21N5OS. The molecule has 4 rings (SSSR count). The molecule has 0 atom stereocenters. The summed E-state index contributed by atoms with van der Waals surface area (Å²) in [5, 5.41) is 5.98. The van der Waals surface area contributed by atoms with Gasteiger partial charge in [-0.2, -0.15) is 0 Å². The molecule has 0 spiro atoms. The molecule has 3 heterocycles. The van der Waals surface area contributed by atoms with E-state index >= 15 is 0 Å². The summed E-state index contributed by atoms with van der Waals surface area (Å²) in [6.45, 7) is 5.87. The molecule has 0 saturated carbocycles. The number of carbonyl (C=O) groups excluding carboxylic acids is 1. The van der Waals surface area contributed by atoms with Crippen LogP contribution < -0.4 is 10.2 Å². The first-order valence-corrected chi connectivity index (χ1v) is 10.0. The number of hydrogen-bond acceptors (Lipinski definition) is 6. The molecule has 2 aromatic heterocycles. The first-order chi connectivity index (χ1) is 13.6. The zero-order valence-electron chi connectivity index (χ0n) is 15.8. The molecule has 0 bridgehead atoms. The van der Waals surface area contributed by atoms with Gasteiger partial charge in [-0.3, -0.25) is 4.79 Å². The Balaban J connectivity index is 1.50. The molecule has 142 valence electrons. The van der Waals surface area contributed by atoms with Crippen molar-refractivity contribution in [3.8, 4) is 0 Å². The largest absolute Gasteiger partial charge is 0.343 e. The lowest BCUT2D eigenvalue weighted by Gasteiger charge is -2.30. The summed E-state index contributed by atoms with van der Waals surface area (Å²) in [7, 11) is 0. The average Bonchev–Trinajstić information content (AvgIpc) is 3.24. The molecule has 0 aliphatic carbocycles. The van der Waals surface area contributed by atoms with E-state index in [2.05, 4.69) is 44.2 Å². The second-order valence-corrected chi connectivity index (χ2v) is 7.70. The summed E-state index contributed by atoms with van der Waals surface area (Å²) in [6.07, 6.45) is 5.90. The van der Waals surface area contributed by atoms with Crippen LogP contribution in [0.25, 0.3) is 5.57 Å². The summed E-state index contributed by atoms with van der Waals surface area (Å²) < 4.78 is 0. The Hall–Kier alpha value is -3.06. The van der Waals surface area contributed by atoms with E-state index in [0.29, 0.717) is 5.69 Å². The van der Waals surface area contributed by atoms with Crippen molar-refractivity contribution in [2.75, 3.05) is 23.3 Å². The smallest absolute Gasteiger partial charge is 0.274 e. The maximum atomic E-state index is 12.4. The van der Waals surface area contributed by atoms with Crippen LogP contribution in [0.1, 0.15) is 35.0 Å². The normalized spacial score (nSPS) is 14.3. The number of amides is 1. The lowest BCUT2D eigenvalue weighted by Crippen LogP contribution is -2.30. The minimum Gasteiger partial charge on any atom is -0.343 e. The van der Waals surface area contributed by atoms with Gasteiger partial charge >= 0.3 is 0 Å². The summed E-state index contributed by atoms with van der Waals surface area (Å²) >= 11 is 1.67. The Bertz CT molecular complexity index is 1010. The quantitative estimate of drug-likeness (QED) is 0.722. The average molecular weight is 392 g/mol. The molecule has 1 amide bonds. The summed E-state index contributed by atoms with van der Waals surface area (Å²) in [5.74, 6) is -0.226. The van der Waals surface area contributed by atoms with Crippen LogP contribution in [-0.2, 0) is 0 Å². The number of aromatic nitrogens is 3.